The average molecular weight is 379 g/mol. The number of hydrogen-bond acceptors (Lipinski definition) is 4. The Balaban J connectivity index is 1.38. The standard InChI is InChI=1S/C21H19ClN4O/c22-19-7-5-15(6-8-19)11-23-21-24-12-18(13-25-21)20(27)26-10-9-16-3-1-2-4-17(16)14-26/h1-8,12-13H,9-11,14H2,(H,23,24,25). The predicted octanol–water partition coefficient (Wildman–Crippen LogP) is 3.94. The Bertz CT molecular complexity index is 941. The number of amides is 1. The molecule has 2 aromatic carbocycles. The first-order chi connectivity index (χ1) is 13.2. The number of halogens is 1. The van der Waals surface area contributed by atoms with Crippen molar-refractivity contribution >= 4 is 23.5 Å². The Morgan fingerprint density at radius 1 is 1.04 bits per heavy atom. The minimum absolute atomic E-state index is 0.0336. The molecular weight excluding hydrogens is 360 g/mol. The largest absolute Gasteiger partial charge is 0.350 e. The second kappa shape index (κ2) is 7.76. The van der Waals surface area contributed by atoms with E-state index in [1.807, 2.05) is 41.3 Å². The number of carbonyl (C=O) groups excluding carboxylic acids is 1. The summed E-state index contributed by atoms with van der Waals surface area (Å²) in [7, 11) is 0. The smallest absolute Gasteiger partial charge is 0.257 e. The van der Waals surface area contributed by atoms with E-state index in [0.29, 0.717) is 36.2 Å². The highest BCUT2D eigenvalue weighted by Crippen LogP contribution is 2.20. The summed E-state index contributed by atoms with van der Waals surface area (Å²) >= 11 is 5.89. The first kappa shape index (κ1) is 17.5. The highest BCUT2D eigenvalue weighted by Gasteiger charge is 2.22. The van der Waals surface area contributed by atoms with Crippen LogP contribution in [0.15, 0.2) is 60.9 Å². The summed E-state index contributed by atoms with van der Waals surface area (Å²) in [6.45, 7) is 1.94. The highest BCUT2D eigenvalue weighted by atomic mass is 35.5. The lowest BCUT2D eigenvalue weighted by Gasteiger charge is -2.28. The van der Waals surface area contributed by atoms with Crippen molar-refractivity contribution in [2.24, 2.45) is 0 Å². The topological polar surface area (TPSA) is 58.1 Å². The Labute approximate surface area is 163 Å². The Morgan fingerprint density at radius 3 is 2.48 bits per heavy atom. The maximum Gasteiger partial charge on any atom is 0.257 e. The normalized spacial score (nSPS) is 13.1. The van der Waals surface area contributed by atoms with Gasteiger partial charge in [0.15, 0.2) is 0 Å². The van der Waals surface area contributed by atoms with Crippen LogP contribution >= 0.6 is 11.6 Å². The monoisotopic (exact) mass is 378 g/mol. The maximum absolute atomic E-state index is 12.7. The van der Waals surface area contributed by atoms with Gasteiger partial charge in [-0.3, -0.25) is 4.79 Å². The molecule has 136 valence electrons. The van der Waals surface area contributed by atoms with Crippen LogP contribution in [0.4, 0.5) is 5.95 Å². The molecule has 0 saturated heterocycles. The summed E-state index contributed by atoms with van der Waals surface area (Å²) in [5, 5.41) is 3.86. The van der Waals surface area contributed by atoms with E-state index >= 15 is 0 Å². The van der Waals surface area contributed by atoms with Gasteiger partial charge in [-0.25, -0.2) is 9.97 Å². The van der Waals surface area contributed by atoms with E-state index < -0.39 is 0 Å². The number of nitrogens with one attached hydrogen (secondary N) is 1. The van der Waals surface area contributed by atoms with Crippen molar-refractivity contribution in [3.05, 3.63) is 88.2 Å². The molecule has 1 aromatic heterocycles. The summed E-state index contributed by atoms with van der Waals surface area (Å²) in [6, 6.07) is 15.8. The van der Waals surface area contributed by atoms with Crippen molar-refractivity contribution in [3.8, 4) is 0 Å². The summed E-state index contributed by atoms with van der Waals surface area (Å²) in [4.78, 5) is 23.1. The first-order valence-electron chi connectivity index (χ1n) is 8.85. The molecule has 4 rings (SSSR count). The molecule has 0 saturated carbocycles. The lowest BCUT2D eigenvalue weighted by atomic mass is 9.99. The van der Waals surface area contributed by atoms with Crippen LogP contribution in [0.2, 0.25) is 5.02 Å². The summed E-state index contributed by atoms with van der Waals surface area (Å²) in [5.41, 5.74) is 4.11. The SMILES string of the molecule is O=C(c1cnc(NCc2ccc(Cl)cc2)nc1)N1CCc2ccccc2C1. The van der Waals surface area contributed by atoms with Crippen molar-refractivity contribution in [1.82, 2.24) is 14.9 Å². The Morgan fingerprint density at radius 2 is 1.74 bits per heavy atom. The van der Waals surface area contributed by atoms with Crippen LogP contribution in [-0.2, 0) is 19.5 Å². The minimum Gasteiger partial charge on any atom is -0.350 e. The maximum atomic E-state index is 12.7. The van der Waals surface area contributed by atoms with Gasteiger partial charge in [0.2, 0.25) is 5.95 Å². The average Bonchev–Trinajstić information content (AvgIpc) is 2.73. The van der Waals surface area contributed by atoms with E-state index in [1.165, 1.54) is 11.1 Å². The molecule has 0 spiro atoms. The van der Waals surface area contributed by atoms with Gasteiger partial charge in [-0.2, -0.15) is 0 Å². The van der Waals surface area contributed by atoms with E-state index in [2.05, 4.69) is 27.4 Å². The minimum atomic E-state index is -0.0336. The van der Waals surface area contributed by atoms with E-state index in [1.54, 1.807) is 12.4 Å². The molecule has 1 aliphatic rings. The number of rotatable bonds is 4. The third-order valence-electron chi connectivity index (χ3n) is 4.68. The molecule has 0 aliphatic carbocycles. The van der Waals surface area contributed by atoms with Crippen molar-refractivity contribution in [1.29, 1.82) is 0 Å². The van der Waals surface area contributed by atoms with Gasteiger partial charge in [0.05, 0.1) is 5.56 Å². The molecule has 1 amide bonds. The molecule has 5 nitrogen and oxygen atoms in total. The third-order valence-corrected chi connectivity index (χ3v) is 4.93. The van der Waals surface area contributed by atoms with E-state index in [0.717, 1.165) is 12.0 Å². The third kappa shape index (κ3) is 4.09. The van der Waals surface area contributed by atoms with E-state index in [9.17, 15) is 4.79 Å². The number of anilines is 1. The van der Waals surface area contributed by atoms with Crippen LogP contribution in [-0.4, -0.2) is 27.3 Å². The second-order valence-corrected chi connectivity index (χ2v) is 6.96. The number of fused-ring (bicyclic) bond motifs is 1. The van der Waals surface area contributed by atoms with Crippen LogP contribution in [0.5, 0.6) is 0 Å². The molecular formula is C21H19ClN4O. The molecule has 0 radical (unpaired) electrons. The van der Waals surface area contributed by atoms with Gasteiger partial charge in [0, 0.05) is 37.1 Å². The fourth-order valence-corrected chi connectivity index (χ4v) is 3.29. The Kier molecular flexibility index (Phi) is 5.03. The molecule has 1 N–H and O–H groups in total. The van der Waals surface area contributed by atoms with Crippen molar-refractivity contribution in [2.75, 3.05) is 11.9 Å². The molecule has 27 heavy (non-hydrogen) atoms. The lowest BCUT2D eigenvalue weighted by Crippen LogP contribution is -2.36. The van der Waals surface area contributed by atoms with E-state index in [4.69, 9.17) is 11.6 Å². The summed E-state index contributed by atoms with van der Waals surface area (Å²) < 4.78 is 0. The molecule has 0 unspecified atom stereocenters. The van der Waals surface area contributed by atoms with Gasteiger partial charge in [-0.05, 0) is 35.2 Å². The number of nitrogens with zero attached hydrogens (tertiary/aromatic N) is 3. The van der Waals surface area contributed by atoms with Crippen LogP contribution in [0, 0.1) is 0 Å². The molecule has 0 bridgehead atoms. The molecule has 1 aliphatic heterocycles. The summed E-state index contributed by atoms with van der Waals surface area (Å²) in [6.07, 6.45) is 4.05. The number of hydrogen-bond donors (Lipinski definition) is 1. The Hall–Kier alpha value is -2.92. The van der Waals surface area contributed by atoms with Crippen LogP contribution in [0.3, 0.4) is 0 Å². The highest BCUT2D eigenvalue weighted by molar-refractivity contribution is 6.30. The zero-order valence-corrected chi connectivity index (χ0v) is 15.5. The van der Waals surface area contributed by atoms with E-state index in [-0.39, 0.29) is 5.91 Å². The summed E-state index contributed by atoms with van der Waals surface area (Å²) in [5.74, 6) is 0.458. The molecule has 2 heterocycles. The number of benzene rings is 2. The van der Waals surface area contributed by atoms with Gasteiger partial charge >= 0.3 is 0 Å². The zero-order valence-electron chi connectivity index (χ0n) is 14.7. The van der Waals surface area contributed by atoms with Crippen molar-refractivity contribution in [3.63, 3.8) is 0 Å². The molecule has 3 aromatic rings. The van der Waals surface area contributed by atoms with Gasteiger partial charge < -0.3 is 10.2 Å². The molecule has 0 fully saturated rings. The van der Waals surface area contributed by atoms with Gasteiger partial charge in [-0.15, -0.1) is 0 Å². The number of aromatic nitrogens is 2. The zero-order chi connectivity index (χ0) is 18.6. The second-order valence-electron chi connectivity index (χ2n) is 6.52. The number of carbonyl (C=O) groups is 1. The fraction of sp³-hybridized carbons (Fsp3) is 0.190. The fourth-order valence-electron chi connectivity index (χ4n) is 3.16. The van der Waals surface area contributed by atoms with Crippen LogP contribution in [0.25, 0.3) is 0 Å². The quantitative estimate of drug-likeness (QED) is 0.747. The molecule has 6 heteroatoms. The van der Waals surface area contributed by atoms with Gasteiger partial charge in [-0.1, -0.05) is 48.0 Å². The van der Waals surface area contributed by atoms with Gasteiger partial charge in [0.1, 0.15) is 0 Å². The molecule has 0 atom stereocenters. The predicted molar refractivity (Wildman–Crippen MR) is 106 cm³/mol. The first-order valence-corrected chi connectivity index (χ1v) is 9.23. The van der Waals surface area contributed by atoms with Gasteiger partial charge in [0.25, 0.3) is 5.91 Å². The van der Waals surface area contributed by atoms with Crippen molar-refractivity contribution < 1.29 is 4.79 Å². The van der Waals surface area contributed by atoms with Crippen LogP contribution < -0.4 is 5.32 Å². The van der Waals surface area contributed by atoms with Crippen LogP contribution in [0.1, 0.15) is 27.0 Å². The van der Waals surface area contributed by atoms with Crippen molar-refractivity contribution in [2.45, 2.75) is 19.5 Å². The lowest BCUT2D eigenvalue weighted by molar-refractivity contribution is 0.0734.